The van der Waals surface area contributed by atoms with E-state index in [0.29, 0.717) is 6.67 Å². The van der Waals surface area contributed by atoms with Crippen LogP contribution in [0.5, 0.6) is 0 Å². The third-order valence-corrected chi connectivity index (χ3v) is 4.05. The fraction of sp³-hybridized carbons (Fsp3) is 0.615. The molecule has 0 aromatic carbocycles. The number of amides is 1. The van der Waals surface area contributed by atoms with Crippen LogP contribution >= 0.6 is 0 Å². The summed E-state index contributed by atoms with van der Waals surface area (Å²) in [7, 11) is 0. The Kier molecular flexibility index (Phi) is 2.67. The van der Waals surface area contributed by atoms with Crippen molar-refractivity contribution in [2.75, 3.05) is 19.8 Å². The first-order chi connectivity index (χ1) is 8.33. The second kappa shape index (κ2) is 4.18. The number of allylic oxidation sites excluding steroid dienone is 3. The van der Waals surface area contributed by atoms with Gasteiger partial charge in [-0.1, -0.05) is 12.2 Å². The van der Waals surface area contributed by atoms with Gasteiger partial charge in [-0.25, -0.2) is 0 Å². The molecule has 4 heteroatoms. The molecule has 0 saturated carbocycles. The first kappa shape index (κ1) is 10.8. The van der Waals surface area contributed by atoms with E-state index in [1.165, 1.54) is 5.70 Å². The minimum atomic E-state index is -0.293. The predicted octanol–water partition coefficient (Wildman–Crippen LogP) is 0.732. The van der Waals surface area contributed by atoms with Gasteiger partial charge in [0.25, 0.3) is 0 Å². The van der Waals surface area contributed by atoms with Gasteiger partial charge in [0.2, 0.25) is 5.91 Å². The van der Waals surface area contributed by atoms with Crippen molar-refractivity contribution < 1.29 is 4.79 Å². The molecule has 2 aliphatic heterocycles. The summed E-state index contributed by atoms with van der Waals surface area (Å²) in [5.41, 5.74) is 0.926. The SMILES string of the molecule is O=C1NCN(C2=CCCC=C2)C12CCNCC2. The van der Waals surface area contributed by atoms with Crippen LogP contribution in [0.3, 0.4) is 0 Å². The summed E-state index contributed by atoms with van der Waals surface area (Å²) in [5.74, 6) is 0.207. The Morgan fingerprint density at radius 3 is 2.76 bits per heavy atom. The highest BCUT2D eigenvalue weighted by Gasteiger charge is 2.49. The fourth-order valence-corrected chi connectivity index (χ4v) is 3.06. The van der Waals surface area contributed by atoms with Gasteiger partial charge in [-0.05, 0) is 44.8 Å². The average Bonchev–Trinajstić information content (AvgIpc) is 2.69. The molecule has 0 radical (unpaired) electrons. The van der Waals surface area contributed by atoms with Crippen LogP contribution in [0.15, 0.2) is 23.9 Å². The van der Waals surface area contributed by atoms with E-state index >= 15 is 0 Å². The minimum absolute atomic E-state index is 0.207. The van der Waals surface area contributed by atoms with Crippen molar-refractivity contribution in [3.8, 4) is 0 Å². The molecule has 1 spiro atoms. The van der Waals surface area contributed by atoms with Gasteiger partial charge in [0.05, 0.1) is 6.67 Å². The summed E-state index contributed by atoms with van der Waals surface area (Å²) in [6.07, 6.45) is 10.6. The Morgan fingerprint density at radius 2 is 2.06 bits per heavy atom. The smallest absolute Gasteiger partial charge is 0.247 e. The van der Waals surface area contributed by atoms with Crippen molar-refractivity contribution in [1.29, 1.82) is 0 Å². The first-order valence-electron chi connectivity index (χ1n) is 6.46. The van der Waals surface area contributed by atoms with E-state index < -0.39 is 0 Å². The number of nitrogens with zero attached hydrogens (tertiary/aromatic N) is 1. The zero-order chi connectivity index (χ0) is 11.7. The molecule has 0 unspecified atom stereocenters. The first-order valence-corrected chi connectivity index (χ1v) is 6.46. The normalized spacial score (nSPS) is 27.2. The highest BCUT2D eigenvalue weighted by Crippen LogP contribution is 2.34. The van der Waals surface area contributed by atoms with Crippen LogP contribution in [0.1, 0.15) is 25.7 Å². The van der Waals surface area contributed by atoms with Gasteiger partial charge in [-0.2, -0.15) is 0 Å². The van der Waals surface area contributed by atoms with Crippen molar-refractivity contribution in [3.05, 3.63) is 23.9 Å². The maximum Gasteiger partial charge on any atom is 0.247 e. The second-order valence-corrected chi connectivity index (χ2v) is 4.98. The topological polar surface area (TPSA) is 44.4 Å². The lowest BCUT2D eigenvalue weighted by molar-refractivity contribution is -0.127. The van der Waals surface area contributed by atoms with Crippen molar-refractivity contribution in [2.45, 2.75) is 31.2 Å². The average molecular weight is 233 g/mol. The van der Waals surface area contributed by atoms with E-state index in [-0.39, 0.29) is 11.4 Å². The standard InChI is InChI=1S/C13H19N3O/c17-12-13(6-8-14-9-7-13)16(10-15-12)11-4-2-1-3-5-11/h2,4-5,14H,1,3,6-10H2,(H,15,17). The Bertz CT molecular complexity index is 380. The predicted molar refractivity (Wildman–Crippen MR) is 66.1 cm³/mol. The number of hydrogen-bond donors (Lipinski definition) is 2. The molecule has 0 bridgehead atoms. The van der Waals surface area contributed by atoms with E-state index in [4.69, 9.17) is 0 Å². The summed E-state index contributed by atoms with van der Waals surface area (Å²) in [6.45, 7) is 2.52. The quantitative estimate of drug-likeness (QED) is 0.702. The Morgan fingerprint density at radius 1 is 1.24 bits per heavy atom. The Balaban J connectivity index is 1.90. The van der Waals surface area contributed by atoms with E-state index in [9.17, 15) is 4.79 Å². The molecular weight excluding hydrogens is 214 g/mol. The molecule has 17 heavy (non-hydrogen) atoms. The minimum Gasteiger partial charge on any atom is -0.339 e. The summed E-state index contributed by atoms with van der Waals surface area (Å²) < 4.78 is 0. The van der Waals surface area contributed by atoms with E-state index in [1.807, 2.05) is 0 Å². The Labute approximate surface area is 102 Å². The van der Waals surface area contributed by atoms with Crippen LogP contribution in [0.25, 0.3) is 0 Å². The lowest BCUT2D eigenvalue weighted by atomic mass is 9.86. The van der Waals surface area contributed by atoms with Crippen molar-refractivity contribution in [2.24, 2.45) is 0 Å². The lowest BCUT2D eigenvalue weighted by Crippen LogP contribution is -2.54. The van der Waals surface area contributed by atoms with Crippen LogP contribution < -0.4 is 10.6 Å². The van der Waals surface area contributed by atoms with Gasteiger partial charge >= 0.3 is 0 Å². The van der Waals surface area contributed by atoms with Gasteiger partial charge in [-0.3, -0.25) is 4.79 Å². The molecule has 92 valence electrons. The zero-order valence-corrected chi connectivity index (χ0v) is 10.0. The molecular formula is C13H19N3O. The summed E-state index contributed by atoms with van der Waals surface area (Å²) in [5, 5.41) is 6.35. The molecule has 2 saturated heterocycles. The van der Waals surface area contributed by atoms with Crippen LogP contribution in [-0.2, 0) is 4.79 Å². The van der Waals surface area contributed by atoms with Crippen LogP contribution in [-0.4, -0.2) is 36.1 Å². The molecule has 2 heterocycles. The number of carbonyl (C=O) groups excluding carboxylic acids is 1. The summed E-state index contributed by atoms with van der Waals surface area (Å²) >= 11 is 0. The zero-order valence-electron chi connectivity index (χ0n) is 10.0. The molecule has 0 aromatic heterocycles. The van der Waals surface area contributed by atoms with E-state index in [0.717, 1.165) is 38.8 Å². The molecule has 0 atom stereocenters. The number of carbonyl (C=O) groups is 1. The third kappa shape index (κ3) is 1.67. The number of nitrogens with one attached hydrogen (secondary N) is 2. The van der Waals surface area contributed by atoms with Gasteiger partial charge in [0, 0.05) is 5.70 Å². The monoisotopic (exact) mass is 233 g/mol. The number of hydrogen-bond acceptors (Lipinski definition) is 3. The van der Waals surface area contributed by atoms with E-state index in [1.54, 1.807) is 0 Å². The fourth-order valence-electron chi connectivity index (χ4n) is 3.06. The van der Waals surface area contributed by atoms with E-state index in [2.05, 4.69) is 33.8 Å². The van der Waals surface area contributed by atoms with Gasteiger partial charge in [-0.15, -0.1) is 0 Å². The molecule has 3 rings (SSSR count). The molecule has 3 aliphatic rings. The number of piperidine rings is 1. The highest BCUT2D eigenvalue weighted by molar-refractivity contribution is 5.89. The molecule has 4 nitrogen and oxygen atoms in total. The largest absolute Gasteiger partial charge is 0.339 e. The van der Waals surface area contributed by atoms with Gasteiger partial charge in [0.15, 0.2) is 0 Å². The maximum absolute atomic E-state index is 12.2. The molecule has 2 fully saturated rings. The second-order valence-electron chi connectivity index (χ2n) is 4.98. The van der Waals surface area contributed by atoms with Crippen LogP contribution in [0.2, 0.25) is 0 Å². The molecule has 1 aliphatic carbocycles. The molecule has 2 N–H and O–H groups in total. The van der Waals surface area contributed by atoms with Crippen molar-refractivity contribution >= 4 is 5.91 Å². The summed E-state index contributed by atoms with van der Waals surface area (Å²) in [6, 6.07) is 0. The molecule has 1 amide bonds. The van der Waals surface area contributed by atoms with Crippen molar-refractivity contribution in [1.82, 2.24) is 15.5 Å². The van der Waals surface area contributed by atoms with Gasteiger partial charge < -0.3 is 15.5 Å². The molecule has 0 aromatic rings. The van der Waals surface area contributed by atoms with Crippen LogP contribution in [0, 0.1) is 0 Å². The maximum atomic E-state index is 12.2. The summed E-state index contributed by atoms with van der Waals surface area (Å²) in [4.78, 5) is 14.4. The lowest BCUT2D eigenvalue weighted by Gasteiger charge is -2.40. The third-order valence-electron chi connectivity index (χ3n) is 4.05. The van der Waals surface area contributed by atoms with Crippen LogP contribution in [0.4, 0.5) is 0 Å². The highest BCUT2D eigenvalue weighted by atomic mass is 16.2. The Hall–Kier alpha value is -1.29. The number of rotatable bonds is 1. The van der Waals surface area contributed by atoms with Gasteiger partial charge in [0.1, 0.15) is 5.54 Å². The van der Waals surface area contributed by atoms with Crippen molar-refractivity contribution in [3.63, 3.8) is 0 Å².